The lowest BCUT2D eigenvalue weighted by Gasteiger charge is -2.20. The predicted octanol–water partition coefficient (Wildman–Crippen LogP) is 3.05. The highest BCUT2D eigenvalue weighted by atomic mass is 127. The molecule has 0 fully saturated rings. The molecule has 10 heteroatoms. The molecule has 0 bridgehead atoms. The van der Waals surface area contributed by atoms with Crippen molar-refractivity contribution in [1.29, 1.82) is 0 Å². The van der Waals surface area contributed by atoms with Crippen LogP contribution >= 0.6 is 22.6 Å². The van der Waals surface area contributed by atoms with Gasteiger partial charge in [-0.1, -0.05) is 19.1 Å². The standard InChI is InChI=1S/C24H25IN6O3/c1-3-30-19(13-34-20-11-16-10-14(2)4-9-18(16)28-29-20)26-22-21(30)23(32)27-24(33)31(22)12-15-5-7-17(25)8-6-15/h5-8,11,14H,3-4,9-10,12-13H2,1-2H3,(H,27,32,33). The van der Waals surface area contributed by atoms with Gasteiger partial charge in [-0.25, -0.2) is 9.78 Å². The number of aromatic nitrogens is 6. The van der Waals surface area contributed by atoms with Gasteiger partial charge in [0, 0.05) is 16.2 Å². The molecule has 0 spiro atoms. The van der Waals surface area contributed by atoms with E-state index in [1.54, 1.807) is 4.57 Å². The lowest BCUT2D eigenvalue weighted by Crippen LogP contribution is -2.31. The third-order valence-electron chi connectivity index (χ3n) is 6.26. The Kier molecular flexibility index (Phi) is 6.24. The van der Waals surface area contributed by atoms with Gasteiger partial charge in [-0.05, 0) is 78.0 Å². The lowest BCUT2D eigenvalue weighted by molar-refractivity contribution is 0.274. The summed E-state index contributed by atoms with van der Waals surface area (Å²) >= 11 is 2.24. The van der Waals surface area contributed by atoms with Gasteiger partial charge in [0.15, 0.2) is 11.2 Å². The van der Waals surface area contributed by atoms with Crippen molar-refractivity contribution in [2.45, 2.75) is 52.8 Å². The third-order valence-corrected chi connectivity index (χ3v) is 6.98. The van der Waals surface area contributed by atoms with Gasteiger partial charge in [-0.15, -0.1) is 5.10 Å². The minimum atomic E-state index is -0.487. The number of aromatic amines is 1. The van der Waals surface area contributed by atoms with E-state index in [0.29, 0.717) is 41.9 Å². The number of halogens is 1. The number of rotatable bonds is 6. The third kappa shape index (κ3) is 4.38. The van der Waals surface area contributed by atoms with Crippen LogP contribution in [0.15, 0.2) is 39.9 Å². The molecule has 0 amide bonds. The van der Waals surface area contributed by atoms with Crippen LogP contribution in [0.3, 0.4) is 0 Å². The normalized spacial score (nSPS) is 15.4. The van der Waals surface area contributed by atoms with Crippen molar-refractivity contribution < 1.29 is 4.74 Å². The topological polar surface area (TPSA) is 108 Å². The van der Waals surface area contributed by atoms with E-state index in [9.17, 15) is 9.59 Å². The van der Waals surface area contributed by atoms with Gasteiger partial charge in [-0.3, -0.25) is 14.3 Å². The molecule has 0 saturated carbocycles. The summed E-state index contributed by atoms with van der Waals surface area (Å²) in [4.78, 5) is 32.5. The maximum Gasteiger partial charge on any atom is 0.330 e. The molecule has 1 aliphatic rings. The largest absolute Gasteiger partial charge is 0.468 e. The highest BCUT2D eigenvalue weighted by Crippen LogP contribution is 2.25. The van der Waals surface area contributed by atoms with Crippen molar-refractivity contribution in [3.8, 4) is 5.88 Å². The van der Waals surface area contributed by atoms with Crippen LogP contribution in [0.1, 0.15) is 42.9 Å². The summed E-state index contributed by atoms with van der Waals surface area (Å²) in [5.41, 5.74) is 2.92. The first-order valence-corrected chi connectivity index (χ1v) is 12.5. The summed E-state index contributed by atoms with van der Waals surface area (Å²) in [7, 11) is 0. The number of imidazole rings is 1. The Morgan fingerprint density at radius 1 is 1.18 bits per heavy atom. The van der Waals surface area contributed by atoms with Gasteiger partial charge in [-0.2, -0.15) is 5.10 Å². The molecule has 34 heavy (non-hydrogen) atoms. The average Bonchev–Trinajstić information content (AvgIpc) is 3.20. The van der Waals surface area contributed by atoms with Crippen LogP contribution in [0.4, 0.5) is 0 Å². The molecule has 176 valence electrons. The Morgan fingerprint density at radius 2 is 1.97 bits per heavy atom. The molecule has 1 aliphatic carbocycles. The zero-order chi connectivity index (χ0) is 23.8. The molecule has 4 aromatic rings. The number of H-pyrrole nitrogens is 1. The van der Waals surface area contributed by atoms with Crippen molar-refractivity contribution in [2.75, 3.05) is 0 Å². The smallest absolute Gasteiger partial charge is 0.330 e. The quantitative estimate of drug-likeness (QED) is 0.356. The van der Waals surface area contributed by atoms with Crippen molar-refractivity contribution in [2.24, 2.45) is 5.92 Å². The summed E-state index contributed by atoms with van der Waals surface area (Å²) in [5.74, 6) is 1.61. The van der Waals surface area contributed by atoms with Crippen molar-refractivity contribution in [1.82, 2.24) is 29.3 Å². The number of nitrogens with zero attached hydrogens (tertiary/aromatic N) is 5. The average molecular weight is 572 g/mol. The van der Waals surface area contributed by atoms with Crippen molar-refractivity contribution in [3.63, 3.8) is 0 Å². The number of fused-ring (bicyclic) bond motifs is 2. The molecule has 1 atom stereocenters. The predicted molar refractivity (Wildman–Crippen MR) is 136 cm³/mol. The molecule has 3 aromatic heterocycles. The van der Waals surface area contributed by atoms with Crippen LogP contribution in [0.25, 0.3) is 11.2 Å². The second-order valence-electron chi connectivity index (χ2n) is 8.71. The lowest BCUT2D eigenvalue weighted by atomic mass is 9.88. The first kappa shape index (κ1) is 22.8. The first-order chi connectivity index (χ1) is 16.4. The molecule has 5 rings (SSSR count). The summed E-state index contributed by atoms with van der Waals surface area (Å²) in [6.45, 7) is 5.09. The molecule has 0 aliphatic heterocycles. The van der Waals surface area contributed by atoms with Crippen LogP contribution < -0.4 is 16.0 Å². The molecule has 9 nitrogen and oxygen atoms in total. The van der Waals surface area contributed by atoms with Gasteiger partial charge in [0.25, 0.3) is 5.56 Å². The highest BCUT2D eigenvalue weighted by Gasteiger charge is 2.20. The van der Waals surface area contributed by atoms with Crippen LogP contribution in [0.5, 0.6) is 5.88 Å². The molecule has 0 radical (unpaired) electrons. The first-order valence-electron chi connectivity index (χ1n) is 11.4. The van der Waals surface area contributed by atoms with E-state index in [4.69, 9.17) is 4.74 Å². The fraction of sp³-hybridized carbons (Fsp3) is 0.375. The van der Waals surface area contributed by atoms with Gasteiger partial charge in [0.2, 0.25) is 5.88 Å². The Morgan fingerprint density at radius 3 is 2.74 bits per heavy atom. The monoisotopic (exact) mass is 572 g/mol. The minimum Gasteiger partial charge on any atom is -0.468 e. The van der Waals surface area contributed by atoms with Gasteiger partial charge in [0.05, 0.1) is 12.2 Å². The Hall–Kier alpha value is -3.02. The number of hydrogen-bond acceptors (Lipinski definition) is 6. The maximum absolute atomic E-state index is 12.7. The van der Waals surface area contributed by atoms with Crippen LogP contribution in [-0.4, -0.2) is 29.3 Å². The van der Waals surface area contributed by atoms with Gasteiger partial charge >= 0.3 is 5.69 Å². The second kappa shape index (κ2) is 9.32. The molecule has 3 heterocycles. The summed E-state index contributed by atoms with van der Waals surface area (Å²) in [6.07, 6.45) is 3.03. The number of hydrogen-bond donors (Lipinski definition) is 1. The molecular weight excluding hydrogens is 547 g/mol. The number of nitrogens with one attached hydrogen (secondary N) is 1. The number of aryl methyl sites for hydroxylation is 2. The zero-order valence-electron chi connectivity index (χ0n) is 19.0. The van der Waals surface area contributed by atoms with Crippen molar-refractivity contribution in [3.05, 3.63) is 77.4 Å². The molecule has 1 N–H and O–H groups in total. The second-order valence-corrected chi connectivity index (χ2v) is 9.95. The van der Waals surface area contributed by atoms with E-state index >= 15 is 0 Å². The van der Waals surface area contributed by atoms with Gasteiger partial charge in [0.1, 0.15) is 12.4 Å². The van der Waals surface area contributed by atoms with E-state index < -0.39 is 11.2 Å². The van der Waals surface area contributed by atoms with E-state index in [1.807, 2.05) is 37.3 Å². The molecule has 0 saturated heterocycles. The summed E-state index contributed by atoms with van der Waals surface area (Å²) in [5, 5.41) is 8.56. The van der Waals surface area contributed by atoms with E-state index in [1.165, 1.54) is 10.1 Å². The van der Waals surface area contributed by atoms with Crippen LogP contribution in [0.2, 0.25) is 0 Å². The maximum atomic E-state index is 12.7. The molecular formula is C24H25IN6O3. The molecule has 1 aromatic carbocycles. The summed E-state index contributed by atoms with van der Waals surface area (Å²) < 4.78 is 10.3. The highest BCUT2D eigenvalue weighted by molar-refractivity contribution is 14.1. The van der Waals surface area contributed by atoms with Gasteiger partial charge < -0.3 is 9.30 Å². The number of ether oxygens (including phenoxy) is 1. The Balaban J connectivity index is 1.49. The zero-order valence-corrected chi connectivity index (χ0v) is 21.2. The molecule has 1 unspecified atom stereocenters. The van der Waals surface area contributed by atoms with E-state index in [-0.39, 0.29) is 6.61 Å². The Bertz CT molecular complexity index is 1470. The van der Waals surface area contributed by atoms with Crippen LogP contribution in [0, 0.1) is 9.49 Å². The van der Waals surface area contributed by atoms with Crippen molar-refractivity contribution >= 4 is 33.8 Å². The van der Waals surface area contributed by atoms with E-state index in [0.717, 1.165) is 34.1 Å². The SMILES string of the molecule is CCn1c(COc2cc3c(nn2)CCC(C)C3)nc2c1c(=O)[nH]c(=O)n2Cc1ccc(I)cc1. The Labute approximate surface area is 209 Å². The fourth-order valence-electron chi connectivity index (χ4n) is 4.48. The van der Waals surface area contributed by atoms with E-state index in [2.05, 4.69) is 49.7 Å². The number of benzene rings is 1. The fourth-order valence-corrected chi connectivity index (χ4v) is 4.84. The van der Waals surface area contributed by atoms with Crippen LogP contribution in [-0.2, 0) is 32.5 Å². The minimum absolute atomic E-state index is 0.114. The summed E-state index contributed by atoms with van der Waals surface area (Å²) in [6, 6.07) is 9.84.